The van der Waals surface area contributed by atoms with Gasteiger partial charge in [-0.15, -0.1) is 11.3 Å². The SMILES string of the molecule is O=CCCC(CNCC(=O)O)N(C[C@H]1CN(c2ccc(N3CCOCC3=O)cc2)C(=O)O1)C(=O)c1ccc(Cl)s1. The maximum absolute atomic E-state index is 13.5. The molecule has 40 heavy (non-hydrogen) atoms. The molecule has 3 heterocycles. The van der Waals surface area contributed by atoms with E-state index in [1.165, 1.54) is 9.80 Å². The summed E-state index contributed by atoms with van der Waals surface area (Å²) >= 11 is 7.16. The number of carbonyl (C=O) groups is 5. The zero-order valence-corrected chi connectivity index (χ0v) is 23.1. The van der Waals surface area contributed by atoms with Crippen LogP contribution in [0.25, 0.3) is 0 Å². The number of nitrogens with zero attached hydrogens (tertiary/aromatic N) is 3. The number of carbonyl (C=O) groups excluding carboxylic acids is 4. The molecule has 3 amide bonds. The van der Waals surface area contributed by atoms with Crippen LogP contribution in [0.2, 0.25) is 4.34 Å². The number of nitrogens with one attached hydrogen (secondary N) is 1. The predicted octanol–water partition coefficient (Wildman–Crippen LogP) is 2.25. The number of rotatable bonds is 13. The van der Waals surface area contributed by atoms with Gasteiger partial charge in [0, 0.05) is 36.9 Å². The van der Waals surface area contributed by atoms with Gasteiger partial charge in [0.05, 0.1) is 35.5 Å². The molecule has 12 nitrogen and oxygen atoms in total. The van der Waals surface area contributed by atoms with Crippen molar-refractivity contribution < 1.29 is 38.6 Å². The molecule has 14 heteroatoms. The Balaban J connectivity index is 1.50. The summed E-state index contributed by atoms with van der Waals surface area (Å²) < 4.78 is 11.2. The lowest BCUT2D eigenvalue weighted by Crippen LogP contribution is -2.50. The Morgan fingerprint density at radius 3 is 2.52 bits per heavy atom. The summed E-state index contributed by atoms with van der Waals surface area (Å²) in [5, 5.41) is 11.8. The number of benzene rings is 1. The third-order valence-electron chi connectivity index (χ3n) is 6.49. The number of halogens is 1. The second kappa shape index (κ2) is 13.7. The molecule has 0 saturated carbocycles. The smallest absolute Gasteiger partial charge is 0.414 e. The minimum absolute atomic E-state index is 0.0223. The molecule has 2 saturated heterocycles. The molecule has 0 aliphatic carbocycles. The van der Waals surface area contributed by atoms with Crippen molar-refractivity contribution in [3.63, 3.8) is 0 Å². The Morgan fingerprint density at radius 1 is 1.18 bits per heavy atom. The standard InChI is InChI=1S/C26H29ClN4O8S/c27-22-8-7-21(40-22)25(36)30(19(2-1-10-32)12-28-13-24(34)35)14-20-15-31(26(37)39-20)18-5-3-17(4-6-18)29-9-11-38-16-23(29)33/h3-8,10,19-20,28H,1-2,9,11-16H2,(H,34,35)/t19?,20-/m0/s1. The van der Waals surface area contributed by atoms with E-state index in [0.29, 0.717) is 33.7 Å². The van der Waals surface area contributed by atoms with Crippen LogP contribution in [0.15, 0.2) is 36.4 Å². The largest absolute Gasteiger partial charge is 0.480 e. The summed E-state index contributed by atoms with van der Waals surface area (Å²) in [6.07, 6.45) is -0.0955. The molecule has 2 aliphatic rings. The van der Waals surface area contributed by atoms with Crippen LogP contribution in [0.1, 0.15) is 22.5 Å². The number of hydrogen-bond donors (Lipinski definition) is 2. The molecule has 214 valence electrons. The Hall–Kier alpha value is -3.52. The Morgan fingerprint density at radius 2 is 1.90 bits per heavy atom. The number of thiophene rings is 1. The molecule has 2 atom stereocenters. The van der Waals surface area contributed by atoms with Crippen LogP contribution in [0.5, 0.6) is 0 Å². The molecule has 1 unspecified atom stereocenters. The normalized spacial score (nSPS) is 18.0. The van der Waals surface area contributed by atoms with Gasteiger partial charge in [0.15, 0.2) is 0 Å². The van der Waals surface area contributed by atoms with Crippen LogP contribution in [0, 0.1) is 0 Å². The highest BCUT2D eigenvalue weighted by Crippen LogP contribution is 2.28. The summed E-state index contributed by atoms with van der Waals surface area (Å²) in [6.45, 7) is 0.897. The van der Waals surface area contributed by atoms with Gasteiger partial charge in [-0.2, -0.15) is 0 Å². The monoisotopic (exact) mass is 592 g/mol. The zero-order valence-electron chi connectivity index (χ0n) is 21.5. The van der Waals surface area contributed by atoms with Crippen molar-refractivity contribution in [3.05, 3.63) is 45.6 Å². The lowest BCUT2D eigenvalue weighted by atomic mass is 10.1. The molecule has 1 aromatic heterocycles. The maximum Gasteiger partial charge on any atom is 0.414 e. The third kappa shape index (κ3) is 7.36. The van der Waals surface area contributed by atoms with Crippen LogP contribution < -0.4 is 15.1 Å². The molecule has 2 aromatic rings. The van der Waals surface area contributed by atoms with E-state index in [4.69, 9.17) is 26.2 Å². The Labute approximate surface area is 239 Å². The molecule has 2 N–H and O–H groups in total. The fourth-order valence-electron chi connectivity index (χ4n) is 4.59. The van der Waals surface area contributed by atoms with Crippen molar-refractivity contribution in [2.75, 3.05) is 55.7 Å². The molecular formula is C26H29ClN4O8S. The topological polar surface area (TPSA) is 146 Å². The number of hydrogen-bond acceptors (Lipinski definition) is 9. The number of morpholine rings is 1. The number of cyclic esters (lactones) is 1. The quantitative estimate of drug-likeness (QED) is 0.334. The second-order valence-corrected chi connectivity index (χ2v) is 10.9. The van der Waals surface area contributed by atoms with Gasteiger partial charge in [-0.3, -0.25) is 19.3 Å². The fraction of sp³-hybridized carbons (Fsp3) is 0.423. The number of anilines is 2. The van der Waals surface area contributed by atoms with E-state index >= 15 is 0 Å². The summed E-state index contributed by atoms with van der Waals surface area (Å²) in [5.41, 5.74) is 1.26. The average molecular weight is 593 g/mol. The van der Waals surface area contributed by atoms with E-state index in [0.717, 1.165) is 17.6 Å². The Kier molecular flexibility index (Phi) is 10.1. The zero-order chi connectivity index (χ0) is 28.6. The molecule has 2 aliphatic heterocycles. The Bertz CT molecular complexity index is 1240. The van der Waals surface area contributed by atoms with Gasteiger partial charge in [0.25, 0.3) is 11.8 Å². The molecule has 0 spiro atoms. The third-order valence-corrected chi connectivity index (χ3v) is 7.71. The molecule has 0 bridgehead atoms. The van der Waals surface area contributed by atoms with E-state index in [2.05, 4.69) is 5.32 Å². The number of carboxylic acid groups (broad SMARTS) is 1. The van der Waals surface area contributed by atoms with Crippen LogP contribution in [0.3, 0.4) is 0 Å². The first-order chi connectivity index (χ1) is 19.3. The highest BCUT2D eigenvalue weighted by Gasteiger charge is 2.37. The summed E-state index contributed by atoms with van der Waals surface area (Å²) in [4.78, 5) is 65.6. The van der Waals surface area contributed by atoms with Gasteiger partial charge in [0.2, 0.25) is 0 Å². The van der Waals surface area contributed by atoms with Crippen molar-refractivity contribution in [1.82, 2.24) is 10.2 Å². The van der Waals surface area contributed by atoms with E-state index in [-0.39, 0.29) is 57.4 Å². The highest BCUT2D eigenvalue weighted by molar-refractivity contribution is 7.18. The van der Waals surface area contributed by atoms with Crippen molar-refractivity contribution in [2.45, 2.75) is 25.0 Å². The van der Waals surface area contributed by atoms with Gasteiger partial charge in [-0.25, -0.2) is 4.79 Å². The predicted molar refractivity (Wildman–Crippen MR) is 147 cm³/mol. The van der Waals surface area contributed by atoms with E-state index in [9.17, 15) is 24.0 Å². The lowest BCUT2D eigenvalue weighted by Gasteiger charge is -2.33. The molecular weight excluding hydrogens is 564 g/mol. The van der Waals surface area contributed by atoms with Crippen LogP contribution in [-0.2, 0) is 23.9 Å². The van der Waals surface area contributed by atoms with Crippen LogP contribution >= 0.6 is 22.9 Å². The van der Waals surface area contributed by atoms with Gasteiger partial charge in [0.1, 0.15) is 19.0 Å². The number of aliphatic carboxylic acids is 1. The number of ether oxygens (including phenoxy) is 2. The summed E-state index contributed by atoms with van der Waals surface area (Å²) in [6, 6.07) is 9.60. The van der Waals surface area contributed by atoms with E-state index in [1.54, 1.807) is 41.3 Å². The molecule has 1 aromatic carbocycles. The van der Waals surface area contributed by atoms with E-state index in [1.807, 2.05) is 0 Å². The highest BCUT2D eigenvalue weighted by atomic mass is 35.5. The van der Waals surface area contributed by atoms with Crippen molar-refractivity contribution in [2.24, 2.45) is 0 Å². The number of aldehydes is 1. The van der Waals surface area contributed by atoms with Crippen LogP contribution in [-0.4, -0.2) is 98.3 Å². The maximum atomic E-state index is 13.5. The van der Waals surface area contributed by atoms with Gasteiger partial charge >= 0.3 is 12.1 Å². The van der Waals surface area contributed by atoms with Gasteiger partial charge < -0.3 is 34.5 Å². The van der Waals surface area contributed by atoms with Crippen molar-refractivity contribution in [3.8, 4) is 0 Å². The molecule has 0 radical (unpaired) electrons. The molecule has 4 rings (SSSR count). The van der Waals surface area contributed by atoms with Gasteiger partial charge in [-0.1, -0.05) is 11.6 Å². The molecule has 2 fully saturated rings. The minimum Gasteiger partial charge on any atom is -0.480 e. The number of carboxylic acids is 1. The lowest BCUT2D eigenvalue weighted by molar-refractivity contribution is -0.136. The first-order valence-corrected chi connectivity index (χ1v) is 13.8. The van der Waals surface area contributed by atoms with Crippen molar-refractivity contribution in [1.29, 1.82) is 0 Å². The minimum atomic E-state index is -1.05. The summed E-state index contributed by atoms with van der Waals surface area (Å²) in [5.74, 6) is -1.56. The van der Waals surface area contributed by atoms with Gasteiger partial charge in [-0.05, 0) is 42.8 Å². The average Bonchev–Trinajstić information content (AvgIpc) is 3.54. The second-order valence-electron chi connectivity index (χ2n) is 9.21. The summed E-state index contributed by atoms with van der Waals surface area (Å²) in [7, 11) is 0. The first-order valence-electron chi connectivity index (χ1n) is 12.7. The number of amides is 3. The fourth-order valence-corrected chi connectivity index (χ4v) is 5.59. The van der Waals surface area contributed by atoms with Crippen molar-refractivity contribution >= 4 is 64.5 Å². The van der Waals surface area contributed by atoms with Crippen LogP contribution in [0.4, 0.5) is 16.2 Å². The van der Waals surface area contributed by atoms with E-state index < -0.39 is 24.2 Å². The first kappa shape index (κ1) is 29.5.